The minimum absolute atomic E-state index is 0.0169. The topological polar surface area (TPSA) is 127 Å². The third-order valence-corrected chi connectivity index (χ3v) is 9.34. The van der Waals surface area contributed by atoms with E-state index >= 15 is 0 Å². The SMILES string of the molecule is C=C(O)C(C)(C)C[C@H]1CN(S(=O)(=O)c2nc(CC)sc2OCC)c2cc(NC(=O)OC(C)(C)C(F)(F)F)ccc2O1. The van der Waals surface area contributed by atoms with Crippen LogP contribution < -0.4 is 19.1 Å². The Morgan fingerprint density at radius 2 is 1.93 bits per heavy atom. The van der Waals surface area contributed by atoms with Gasteiger partial charge in [-0.15, -0.1) is 0 Å². The van der Waals surface area contributed by atoms with Gasteiger partial charge in [-0.05, 0) is 51.8 Å². The molecule has 228 valence electrons. The molecule has 0 spiro atoms. The maximum absolute atomic E-state index is 14.1. The molecule has 41 heavy (non-hydrogen) atoms. The molecule has 0 saturated carbocycles. The number of aromatic nitrogens is 1. The summed E-state index contributed by atoms with van der Waals surface area (Å²) in [6.07, 6.45) is -6.26. The fourth-order valence-corrected chi connectivity index (χ4v) is 6.59. The number of sulfonamides is 1. The highest BCUT2D eigenvalue weighted by Crippen LogP contribution is 2.44. The molecular formula is C26H34F3N3O7S2. The van der Waals surface area contributed by atoms with Crippen molar-refractivity contribution in [1.29, 1.82) is 0 Å². The number of nitrogens with zero attached hydrogens (tertiary/aromatic N) is 2. The fraction of sp³-hybridized carbons (Fsp3) is 0.538. The first kappa shape index (κ1) is 32.3. The molecule has 10 nitrogen and oxygen atoms in total. The largest absolute Gasteiger partial charge is 0.512 e. The van der Waals surface area contributed by atoms with Gasteiger partial charge in [0, 0.05) is 11.1 Å². The number of hydrogen-bond donors (Lipinski definition) is 2. The van der Waals surface area contributed by atoms with Gasteiger partial charge in [-0.1, -0.05) is 38.7 Å². The number of rotatable bonds is 10. The number of hydrogen-bond acceptors (Lipinski definition) is 9. The van der Waals surface area contributed by atoms with E-state index < -0.39 is 39.4 Å². The molecule has 0 aliphatic carbocycles. The Hall–Kier alpha value is -3.20. The number of anilines is 2. The van der Waals surface area contributed by atoms with E-state index in [1.54, 1.807) is 20.8 Å². The number of benzene rings is 1. The quantitative estimate of drug-likeness (QED) is 0.290. The number of nitrogens with one attached hydrogen (secondary N) is 1. The molecular weight excluding hydrogens is 587 g/mol. The Balaban J connectivity index is 2.06. The van der Waals surface area contributed by atoms with E-state index in [0.717, 1.165) is 15.6 Å². The smallest absolute Gasteiger partial charge is 0.427 e. The second-order valence-corrected chi connectivity index (χ2v) is 13.3. The Morgan fingerprint density at radius 3 is 2.49 bits per heavy atom. The second kappa shape index (κ2) is 11.6. The van der Waals surface area contributed by atoms with E-state index in [-0.39, 0.29) is 52.5 Å². The van der Waals surface area contributed by atoms with Crippen LogP contribution in [0.2, 0.25) is 0 Å². The van der Waals surface area contributed by atoms with Crippen molar-refractivity contribution in [2.45, 2.75) is 77.3 Å². The molecule has 0 unspecified atom stereocenters. The maximum atomic E-state index is 14.1. The number of carbonyl (C=O) groups is 1. The highest BCUT2D eigenvalue weighted by atomic mass is 32.2. The fourth-order valence-electron chi connectivity index (χ4n) is 3.82. The summed E-state index contributed by atoms with van der Waals surface area (Å²) in [7, 11) is -4.37. The van der Waals surface area contributed by atoms with Crippen molar-refractivity contribution in [2.75, 3.05) is 22.8 Å². The minimum Gasteiger partial charge on any atom is -0.512 e. The van der Waals surface area contributed by atoms with Crippen molar-refractivity contribution in [3.05, 3.63) is 35.5 Å². The number of halogens is 3. The lowest BCUT2D eigenvalue weighted by Gasteiger charge is -2.38. The predicted octanol–water partition coefficient (Wildman–Crippen LogP) is 6.44. The lowest BCUT2D eigenvalue weighted by atomic mass is 9.84. The molecule has 1 aliphatic heterocycles. The molecule has 1 amide bonds. The summed E-state index contributed by atoms with van der Waals surface area (Å²) in [5.74, 6) is 0.0227. The number of amides is 1. The average Bonchev–Trinajstić information content (AvgIpc) is 3.26. The molecule has 15 heteroatoms. The van der Waals surface area contributed by atoms with Gasteiger partial charge >= 0.3 is 12.3 Å². The number of aliphatic hydroxyl groups is 1. The number of thiazole rings is 1. The van der Waals surface area contributed by atoms with Crippen LogP contribution in [0.15, 0.2) is 35.6 Å². The van der Waals surface area contributed by atoms with Crippen LogP contribution in [-0.4, -0.2) is 55.6 Å². The predicted molar refractivity (Wildman–Crippen MR) is 148 cm³/mol. The summed E-state index contributed by atoms with van der Waals surface area (Å²) in [4.78, 5) is 16.6. The van der Waals surface area contributed by atoms with Crippen LogP contribution in [0.25, 0.3) is 0 Å². The zero-order chi connectivity index (χ0) is 31.0. The van der Waals surface area contributed by atoms with Gasteiger partial charge in [0.2, 0.25) is 15.7 Å². The van der Waals surface area contributed by atoms with Crippen LogP contribution in [0, 0.1) is 5.41 Å². The lowest BCUT2D eigenvalue weighted by Crippen LogP contribution is -2.45. The normalized spacial score (nSPS) is 16.0. The number of aliphatic hydroxyl groups excluding tert-OH is 1. The molecule has 3 rings (SSSR count). The summed E-state index contributed by atoms with van der Waals surface area (Å²) in [6, 6.07) is 3.99. The van der Waals surface area contributed by atoms with Crippen LogP contribution in [0.5, 0.6) is 10.8 Å². The Labute approximate surface area is 241 Å². The third kappa shape index (κ3) is 7.00. The standard InChI is InChI=1S/C26H34F3N3O7S2/c1-8-20-31-21(22(40-20)37-9-2)41(35,36)32-14-17(13-24(4,5)15(3)33)38-19-11-10-16(12-18(19)32)30-23(34)39-25(6,7)26(27,28)29/h10-12,17,33H,3,8-9,13-14H2,1-2,4-7H3,(H,30,34)/t17-/m0/s1. The van der Waals surface area contributed by atoms with Crippen molar-refractivity contribution < 1.29 is 45.7 Å². The van der Waals surface area contributed by atoms with Crippen molar-refractivity contribution in [2.24, 2.45) is 5.41 Å². The molecule has 0 fully saturated rings. The van der Waals surface area contributed by atoms with Crippen molar-refractivity contribution >= 4 is 38.8 Å². The number of ether oxygens (including phenoxy) is 3. The molecule has 0 radical (unpaired) electrons. The molecule has 2 N–H and O–H groups in total. The Kier molecular flexibility index (Phi) is 9.13. The number of aryl methyl sites for hydroxylation is 1. The van der Waals surface area contributed by atoms with E-state index in [0.29, 0.717) is 25.3 Å². The van der Waals surface area contributed by atoms with E-state index in [9.17, 15) is 31.5 Å². The van der Waals surface area contributed by atoms with Gasteiger partial charge in [0.05, 0.1) is 29.6 Å². The van der Waals surface area contributed by atoms with Crippen LogP contribution in [0.1, 0.15) is 53.0 Å². The maximum Gasteiger partial charge on any atom is 0.427 e. The summed E-state index contributed by atoms with van der Waals surface area (Å²) >= 11 is 1.11. The van der Waals surface area contributed by atoms with Gasteiger partial charge < -0.3 is 19.3 Å². The van der Waals surface area contributed by atoms with Crippen molar-refractivity contribution in [3.63, 3.8) is 0 Å². The average molecular weight is 622 g/mol. The van der Waals surface area contributed by atoms with Crippen LogP contribution in [-0.2, 0) is 21.2 Å². The van der Waals surface area contributed by atoms with E-state index in [4.69, 9.17) is 9.47 Å². The van der Waals surface area contributed by atoms with Crippen LogP contribution >= 0.6 is 11.3 Å². The molecule has 2 aromatic rings. The molecule has 1 aromatic heterocycles. The first-order chi connectivity index (χ1) is 18.8. The Bertz CT molecular complexity index is 1410. The number of allylic oxidation sites excluding steroid dienone is 1. The monoisotopic (exact) mass is 621 g/mol. The van der Waals surface area contributed by atoms with E-state index in [1.807, 2.05) is 6.92 Å². The molecule has 1 aliphatic rings. The van der Waals surface area contributed by atoms with Gasteiger partial charge in [-0.25, -0.2) is 9.78 Å². The molecule has 0 saturated heterocycles. The van der Waals surface area contributed by atoms with E-state index in [2.05, 4.69) is 21.6 Å². The molecule has 1 aromatic carbocycles. The van der Waals surface area contributed by atoms with Crippen molar-refractivity contribution in [1.82, 2.24) is 4.98 Å². The number of carbonyl (C=O) groups excluding carboxylic acids is 1. The highest BCUT2D eigenvalue weighted by molar-refractivity contribution is 7.93. The van der Waals surface area contributed by atoms with Gasteiger partial charge in [-0.2, -0.15) is 21.6 Å². The molecule has 2 heterocycles. The number of alkyl halides is 3. The molecule has 0 bridgehead atoms. The number of fused-ring (bicyclic) bond motifs is 1. The van der Waals surface area contributed by atoms with Crippen LogP contribution in [0.3, 0.4) is 0 Å². The summed E-state index contributed by atoms with van der Waals surface area (Å²) in [6.45, 7) is 12.0. The highest BCUT2D eigenvalue weighted by Gasteiger charge is 2.51. The summed E-state index contributed by atoms with van der Waals surface area (Å²) < 4.78 is 85.0. The van der Waals surface area contributed by atoms with Gasteiger partial charge in [0.15, 0.2) is 0 Å². The zero-order valence-corrected chi connectivity index (χ0v) is 25.2. The first-order valence-electron chi connectivity index (χ1n) is 12.7. The van der Waals surface area contributed by atoms with Gasteiger partial charge in [-0.3, -0.25) is 9.62 Å². The third-order valence-electron chi connectivity index (χ3n) is 6.41. The first-order valence-corrected chi connectivity index (χ1v) is 15.0. The molecule has 1 atom stereocenters. The Morgan fingerprint density at radius 1 is 1.27 bits per heavy atom. The minimum atomic E-state index is -4.81. The van der Waals surface area contributed by atoms with Gasteiger partial charge in [0.25, 0.3) is 10.0 Å². The lowest BCUT2D eigenvalue weighted by molar-refractivity contribution is -0.242. The summed E-state index contributed by atoms with van der Waals surface area (Å²) in [5, 5.41) is 12.6. The summed E-state index contributed by atoms with van der Waals surface area (Å²) in [5.41, 5.74) is -3.60. The zero-order valence-electron chi connectivity index (χ0n) is 23.6. The van der Waals surface area contributed by atoms with E-state index in [1.165, 1.54) is 18.2 Å². The second-order valence-electron chi connectivity index (χ2n) is 10.5. The van der Waals surface area contributed by atoms with Crippen molar-refractivity contribution in [3.8, 4) is 10.8 Å². The van der Waals surface area contributed by atoms with Crippen LogP contribution in [0.4, 0.5) is 29.3 Å². The van der Waals surface area contributed by atoms with Gasteiger partial charge in [0.1, 0.15) is 11.9 Å².